The van der Waals surface area contributed by atoms with Gasteiger partial charge >= 0.3 is 11.9 Å². The maximum Gasteiger partial charge on any atom is 0.326 e. The van der Waals surface area contributed by atoms with E-state index in [4.69, 9.17) is 11.5 Å². The zero-order chi connectivity index (χ0) is 27.4. The van der Waals surface area contributed by atoms with Crippen LogP contribution >= 0.6 is 0 Å². The number of rotatable bonds is 15. The van der Waals surface area contributed by atoms with Gasteiger partial charge in [0, 0.05) is 0 Å². The maximum absolute atomic E-state index is 12.8. The molecule has 0 saturated heterocycles. The third kappa shape index (κ3) is 11.0. The molecule has 1 rings (SSSR count). The smallest absolute Gasteiger partial charge is 0.326 e. The van der Waals surface area contributed by atoms with Crippen molar-refractivity contribution in [3.05, 3.63) is 35.9 Å². The van der Waals surface area contributed by atoms with Crippen LogP contribution in [0.25, 0.3) is 0 Å². The van der Waals surface area contributed by atoms with E-state index in [1.54, 1.807) is 44.2 Å². The number of carboxylic acids is 2. The molecule has 0 spiro atoms. The Morgan fingerprint density at radius 3 is 1.78 bits per heavy atom. The third-order valence-electron chi connectivity index (χ3n) is 5.01. The van der Waals surface area contributed by atoms with Crippen molar-refractivity contribution in [3.8, 4) is 0 Å². The van der Waals surface area contributed by atoms with Gasteiger partial charge in [-0.2, -0.15) is 0 Å². The predicted molar refractivity (Wildman–Crippen MR) is 127 cm³/mol. The highest BCUT2D eigenvalue weighted by atomic mass is 16.4. The van der Waals surface area contributed by atoms with Gasteiger partial charge in [-0.05, 0) is 24.3 Å². The Hall–Kier alpha value is -4.00. The SMILES string of the molecule is CC(C)CC(NC(=O)C(CC(N)=O)NC(=O)C(CC(=O)O)NC(=O)C(N)Cc1ccccc1)C(=O)O. The molecule has 4 unspecified atom stereocenters. The van der Waals surface area contributed by atoms with E-state index in [9.17, 15) is 39.0 Å². The Kier molecular flexibility index (Phi) is 12.0. The largest absolute Gasteiger partial charge is 0.481 e. The summed E-state index contributed by atoms with van der Waals surface area (Å²) in [6.45, 7) is 3.49. The number of hydrogen-bond acceptors (Lipinski definition) is 7. The van der Waals surface area contributed by atoms with Crippen LogP contribution in [0.15, 0.2) is 30.3 Å². The highest BCUT2D eigenvalue weighted by Crippen LogP contribution is 2.07. The zero-order valence-electron chi connectivity index (χ0n) is 20.1. The Balaban J connectivity index is 2.98. The van der Waals surface area contributed by atoms with Gasteiger partial charge in [0.1, 0.15) is 18.1 Å². The van der Waals surface area contributed by atoms with Crippen molar-refractivity contribution < 1.29 is 39.0 Å². The van der Waals surface area contributed by atoms with Crippen molar-refractivity contribution in [1.82, 2.24) is 16.0 Å². The van der Waals surface area contributed by atoms with Gasteiger partial charge in [0.25, 0.3) is 0 Å². The van der Waals surface area contributed by atoms with E-state index in [1.807, 2.05) is 0 Å². The Bertz CT molecular complexity index is 953. The van der Waals surface area contributed by atoms with Gasteiger partial charge in [-0.15, -0.1) is 0 Å². The lowest BCUT2D eigenvalue weighted by atomic mass is 10.0. The maximum atomic E-state index is 12.8. The van der Waals surface area contributed by atoms with Gasteiger partial charge < -0.3 is 37.6 Å². The first-order valence-corrected chi connectivity index (χ1v) is 11.2. The van der Waals surface area contributed by atoms with Crippen LogP contribution in [-0.2, 0) is 35.2 Å². The molecule has 36 heavy (non-hydrogen) atoms. The number of aliphatic carboxylic acids is 2. The summed E-state index contributed by atoms with van der Waals surface area (Å²) in [6.07, 6.45) is -1.33. The first-order chi connectivity index (χ1) is 16.8. The molecule has 1 aromatic rings. The van der Waals surface area contributed by atoms with E-state index >= 15 is 0 Å². The number of nitrogens with two attached hydrogens (primary N) is 2. The molecule has 0 saturated carbocycles. The average molecular weight is 508 g/mol. The van der Waals surface area contributed by atoms with Gasteiger partial charge in [-0.25, -0.2) is 4.79 Å². The summed E-state index contributed by atoms with van der Waals surface area (Å²) in [5, 5.41) is 25.2. The second kappa shape index (κ2) is 14.4. The molecule has 0 aromatic heterocycles. The predicted octanol–water partition coefficient (Wildman–Crippen LogP) is -1.51. The van der Waals surface area contributed by atoms with Crippen LogP contribution in [0.1, 0.15) is 38.7 Å². The van der Waals surface area contributed by atoms with Gasteiger partial charge in [0.2, 0.25) is 23.6 Å². The van der Waals surface area contributed by atoms with E-state index in [0.29, 0.717) is 0 Å². The molecule has 13 nitrogen and oxygen atoms in total. The van der Waals surface area contributed by atoms with Crippen LogP contribution in [0.2, 0.25) is 0 Å². The second-order valence-electron chi connectivity index (χ2n) is 8.72. The number of carbonyl (C=O) groups is 6. The lowest BCUT2D eigenvalue weighted by Gasteiger charge is -2.24. The van der Waals surface area contributed by atoms with E-state index in [2.05, 4.69) is 16.0 Å². The van der Waals surface area contributed by atoms with Crippen molar-refractivity contribution in [1.29, 1.82) is 0 Å². The molecule has 0 aliphatic rings. The highest BCUT2D eigenvalue weighted by Gasteiger charge is 2.32. The molecule has 0 fully saturated rings. The third-order valence-corrected chi connectivity index (χ3v) is 5.01. The molecular weight excluding hydrogens is 474 g/mol. The van der Waals surface area contributed by atoms with Gasteiger partial charge in [0.15, 0.2) is 0 Å². The van der Waals surface area contributed by atoms with Crippen molar-refractivity contribution in [3.63, 3.8) is 0 Å². The summed E-state index contributed by atoms with van der Waals surface area (Å²) in [5.41, 5.74) is 11.8. The summed E-state index contributed by atoms with van der Waals surface area (Å²) >= 11 is 0. The summed E-state index contributed by atoms with van der Waals surface area (Å²) in [5.74, 6) is -6.71. The number of hydrogen-bond donors (Lipinski definition) is 7. The van der Waals surface area contributed by atoms with E-state index in [1.165, 1.54) is 0 Å². The highest BCUT2D eigenvalue weighted by molar-refractivity contribution is 5.97. The number of amides is 4. The summed E-state index contributed by atoms with van der Waals surface area (Å²) < 4.78 is 0. The fourth-order valence-corrected chi connectivity index (χ4v) is 3.27. The Morgan fingerprint density at radius 1 is 0.806 bits per heavy atom. The van der Waals surface area contributed by atoms with Crippen LogP contribution in [-0.4, -0.2) is 69.9 Å². The molecule has 0 aliphatic carbocycles. The minimum absolute atomic E-state index is 0.0787. The quantitative estimate of drug-likeness (QED) is 0.146. The topological polar surface area (TPSA) is 231 Å². The van der Waals surface area contributed by atoms with Crippen LogP contribution in [0.4, 0.5) is 0 Å². The fourth-order valence-electron chi connectivity index (χ4n) is 3.27. The Morgan fingerprint density at radius 2 is 1.31 bits per heavy atom. The molecule has 9 N–H and O–H groups in total. The molecule has 0 heterocycles. The van der Waals surface area contributed by atoms with Gasteiger partial charge in [0.05, 0.1) is 18.9 Å². The second-order valence-corrected chi connectivity index (χ2v) is 8.72. The Labute approximate surface area is 208 Å². The first kappa shape index (κ1) is 30.0. The van der Waals surface area contributed by atoms with E-state index < -0.39 is 72.6 Å². The van der Waals surface area contributed by atoms with Crippen molar-refractivity contribution in [2.45, 2.75) is 63.7 Å². The number of primary amides is 1. The molecule has 198 valence electrons. The molecule has 13 heteroatoms. The molecule has 4 amide bonds. The van der Waals surface area contributed by atoms with Crippen molar-refractivity contribution in [2.24, 2.45) is 17.4 Å². The molecular formula is C23H33N5O8. The first-order valence-electron chi connectivity index (χ1n) is 11.2. The number of benzene rings is 1. The minimum Gasteiger partial charge on any atom is -0.481 e. The van der Waals surface area contributed by atoms with Crippen LogP contribution in [0.3, 0.4) is 0 Å². The number of carboxylic acid groups (broad SMARTS) is 2. The number of carbonyl (C=O) groups excluding carboxylic acids is 4. The van der Waals surface area contributed by atoms with Crippen molar-refractivity contribution >= 4 is 35.6 Å². The summed E-state index contributed by atoms with van der Waals surface area (Å²) in [7, 11) is 0. The molecule has 4 atom stereocenters. The van der Waals surface area contributed by atoms with Crippen LogP contribution < -0.4 is 27.4 Å². The van der Waals surface area contributed by atoms with Crippen LogP contribution in [0, 0.1) is 5.92 Å². The zero-order valence-corrected chi connectivity index (χ0v) is 20.1. The standard InChI is InChI=1S/C23H33N5O8/c1-12(2)8-17(23(35)36)28-21(33)15(10-18(25)29)27-22(34)16(11-19(30)31)26-20(32)14(24)9-13-6-4-3-5-7-13/h3-7,12,14-17H,8-11,24H2,1-2H3,(H2,25,29)(H,26,32)(H,27,34)(H,28,33)(H,30,31)(H,35,36). The summed E-state index contributed by atoms with van der Waals surface area (Å²) in [6, 6.07) is 3.13. The van der Waals surface area contributed by atoms with E-state index in [0.717, 1.165) is 5.56 Å². The van der Waals surface area contributed by atoms with Gasteiger partial charge in [-0.3, -0.25) is 24.0 Å². The van der Waals surface area contributed by atoms with Crippen molar-refractivity contribution in [2.75, 3.05) is 0 Å². The van der Waals surface area contributed by atoms with E-state index in [-0.39, 0.29) is 18.8 Å². The molecule has 1 aromatic carbocycles. The lowest BCUT2D eigenvalue weighted by Crippen LogP contribution is -2.58. The average Bonchev–Trinajstić information content (AvgIpc) is 2.77. The summed E-state index contributed by atoms with van der Waals surface area (Å²) in [4.78, 5) is 72.3. The van der Waals surface area contributed by atoms with Crippen LogP contribution in [0.5, 0.6) is 0 Å². The lowest BCUT2D eigenvalue weighted by molar-refractivity contribution is -0.143. The molecule has 0 radical (unpaired) electrons. The monoisotopic (exact) mass is 507 g/mol. The molecule has 0 bridgehead atoms. The molecule has 0 aliphatic heterocycles. The fraction of sp³-hybridized carbons (Fsp3) is 0.478. The van der Waals surface area contributed by atoms with Gasteiger partial charge in [-0.1, -0.05) is 44.2 Å². The minimum atomic E-state index is -1.63. The normalized spacial score (nSPS) is 14.1. The number of nitrogens with one attached hydrogen (secondary N) is 3.